The molecular formula is C21H20N2O5. The van der Waals surface area contributed by atoms with Gasteiger partial charge in [-0.15, -0.1) is 0 Å². The molecule has 0 aliphatic rings. The average molecular weight is 380 g/mol. The SMILES string of the molecule is COc1ccc(OC)c(/C=C/C(=O)O[C@H](C)C(=O)Nc2cccc(C#N)c2)c1. The molecule has 0 aliphatic carbocycles. The van der Waals surface area contributed by atoms with Crippen LogP contribution in [-0.4, -0.2) is 32.2 Å². The molecule has 0 heterocycles. The molecule has 0 aromatic heterocycles. The van der Waals surface area contributed by atoms with Gasteiger partial charge in [0.05, 0.1) is 25.9 Å². The van der Waals surface area contributed by atoms with E-state index in [1.807, 2.05) is 6.07 Å². The number of methoxy groups -OCH3 is 2. The molecule has 0 saturated heterocycles. The summed E-state index contributed by atoms with van der Waals surface area (Å²) in [5.74, 6) is -0.0109. The molecule has 0 bridgehead atoms. The summed E-state index contributed by atoms with van der Waals surface area (Å²) in [6.07, 6.45) is 1.71. The Balaban J connectivity index is 1.99. The fourth-order valence-corrected chi connectivity index (χ4v) is 2.30. The summed E-state index contributed by atoms with van der Waals surface area (Å²) in [6, 6.07) is 13.6. The van der Waals surface area contributed by atoms with Gasteiger partial charge in [0.15, 0.2) is 6.10 Å². The van der Waals surface area contributed by atoms with E-state index in [0.717, 1.165) is 0 Å². The molecule has 0 radical (unpaired) electrons. The van der Waals surface area contributed by atoms with Gasteiger partial charge in [-0.1, -0.05) is 6.07 Å². The van der Waals surface area contributed by atoms with Gasteiger partial charge in [-0.2, -0.15) is 5.26 Å². The molecule has 1 N–H and O–H groups in total. The maximum Gasteiger partial charge on any atom is 0.331 e. The van der Waals surface area contributed by atoms with Crippen LogP contribution in [0.4, 0.5) is 5.69 Å². The first-order chi connectivity index (χ1) is 13.5. The van der Waals surface area contributed by atoms with E-state index >= 15 is 0 Å². The highest BCUT2D eigenvalue weighted by molar-refractivity contribution is 5.96. The van der Waals surface area contributed by atoms with Crippen LogP contribution in [-0.2, 0) is 14.3 Å². The normalized spacial score (nSPS) is 11.4. The number of carbonyl (C=O) groups excluding carboxylic acids is 2. The molecule has 0 unspecified atom stereocenters. The highest BCUT2D eigenvalue weighted by Crippen LogP contribution is 2.25. The topological polar surface area (TPSA) is 97.7 Å². The van der Waals surface area contributed by atoms with Crippen LogP contribution in [0.3, 0.4) is 0 Å². The van der Waals surface area contributed by atoms with Crippen molar-refractivity contribution in [2.45, 2.75) is 13.0 Å². The predicted octanol–water partition coefficient (Wildman–Crippen LogP) is 3.16. The first-order valence-corrected chi connectivity index (χ1v) is 8.38. The Morgan fingerprint density at radius 3 is 2.61 bits per heavy atom. The lowest BCUT2D eigenvalue weighted by Crippen LogP contribution is -2.29. The van der Waals surface area contributed by atoms with Gasteiger partial charge in [-0.05, 0) is 49.4 Å². The number of hydrogen-bond acceptors (Lipinski definition) is 6. The van der Waals surface area contributed by atoms with E-state index in [0.29, 0.717) is 28.3 Å². The Morgan fingerprint density at radius 2 is 1.93 bits per heavy atom. The molecule has 0 saturated carbocycles. The number of hydrogen-bond donors (Lipinski definition) is 1. The first kappa shape index (κ1) is 20.5. The zero-order valence-corrected chi connectivity index (χ0v) is 15.8. The zero-order chi connectivity index (χ0) is 20.5. The van der Waals surface area contributed by atoms with Crippen LogP contribution < -0.4 is 14.8 Å². The second-order valence-electron chi connectivity index (χ2n) is 5.70. The number of rotatable bonds is 7. The number of nitrogens with zero attached hydrogens (tertiary/aromatic N) is 1. The van der Waals surface area contributed by atoms with Crippen LogP contribution >= 0.6 is 0 Å². The molecule has 2 rings (SSSR count). The number of nitriles is 1. The van der Waals surface area contributed by atoms with Crippen LogP contribution in [0.25, 0.3) is 6.08 Å². The quantitative estimate of drug-likeness (QED) is 0.585. The predicted molar refractivity (Wildman–Crippen MR) is 104 cm³/mol. The number of amides is 1. The van der Waals surface area contributed by atoms with Crippen molar-refractivity contribution in [2.75, 3.05) is 19.5 Å². The summed E-state index contributed by atoms with van der Waals surface area (Å²) >= 11 is 0. The molecule has 0 spiro atoms. The Hall–Kier alpha value is -3.79. The first-order valence-electron chi connectivity index (χ1n) is 8.38. The fraction of sp³-hybridized carbons (Fsp3) is 0.190. The van der Waals surface area contributed by atoms with Gasteiger partial charge in [0, 0.05) is 17.3 Å². The minimum atomic E-state index is -1.02. The second kappa shape index (κ2) is 9.78. The molecule has 0 aliphatic heterocycles. The van der Waals surface area contributed by atoms with Gasteiger partial charge in [-0.3, -0.25) is 4.79 Å². The summed E-state index contributed by atoms with van der Waals surface area (Å²) < 4.78 is 15.5. The summed E-state index contributed by atoms with van der Waals surface area (Å²) in [5, 5.41) is 11.5. The van der Waals surface area contributed by atoms with Crippen molar-refractivity contribution in [1.29, 1.82) is 5.26 Å². The van der Waals surface area contributed by atoms with E-state index in [4.69, 9.17) is 19.5 Å². The lowest BCUT2D eigenvalue weighted by Gasteiger charge is -2.12. The number of benzene rings is 2. The molecular weight excluding hydrogens is 360 g/mol. The summed E-state index contributed by atoms with van der Waals surface area (Å²) in [4.78, 5) is 24.2. The van der Waals surface area contributed by atoms with Crippen LogP contribution in [0, 0.1) is 11.3 Å². The summed E-state index contributed by atoms with van der Waals surface area (Å²) in [5.41, 5.74) is 1.49. The van der Waals surface area contributed by atoms with E-state index < -0.39 is 18.0 Å². The van der Waals surface area contributed by atoms with Crippen molar-refractivity contribution in [3.05, 3.63) is 59.7 Å². The van der Waals surface area contributed by atoms with Crippen molar-refractivity contribution in [1.82, 2.24) is 0 Å². The fourth-order valence-electron chi connectivity index (χ4n) is 2.30. The molecule has 7 nitrogen and oxygen atoms in total. The summed E-state index contributed by atoms with van der Waals surface area (Å²) in [7, 11) is 3.06. The Bertz CT molecular complexity index is 931. The maximum atomic E-state index is 12.2. The number of anilines is 1. The Kier molecular flexibility index (Phi) is 7.17. The number of carbonyl (C=O) groups is 2. The second-order valence-corrected chi connectivity index (χ2v) is 5.70. The molecule has 1 atom stereocenters. The van der Waals surface area contributed by atoms with E-state index in [9.17, 15) is 9.59 Å². The van der Waals surface area contributed by atoms with Gasteiger partial charge in [0.1, 0.15) is 11.5 Å². The van der Waals surface area contributed by atoms with E-state index in [1.54, 1.807) is 36.4 Å². The third-order valence-corrected chi connectivity index (χ3v) is 3.76. The minimum Gasteiger partial charge on any atom is -0.497 e. The smallest absolute Gasteiger partial charge is 0.331 e. The Labute approximate surface area is 163 Å². The van der Waals surface area contributed by atoms with Gasteiger partial charge < -0.3 is 19.5 Å². The van der Waals surface area contributed by atoms with Crippen LogP contribution in [0.5, 0.6) is 11.5 Å². The van der Waals surface area contributed by atoms with Gasteiger partial charge in [0.2, 0.25) is 0 Å². The van der Waals surface area contributed by atoms with Gasteiger partial charge in [0.25, 0.3) is 5.91 Å². The summed E-state index contributed by atoms with van der Waals surface area (Å²) in [6.45, 7) is 1.46. The molecule has 28 heavy (non-hydrogen) atoms. The molecule has 2 aromatic carbocycles. The van der Waals surface area contributed by atoms with Crippen molar-refractivity contribution in [3.8, 4) is 17.6 Å². The van der Waals surface area contributed by atoms with E-state index in [2.05, 4.69) is 5.32 Å². The van der Waals surface area contributed by atoms with E-state index in [1.165, 1.54) is 39.4 Å². The molecule has 1 amide bonds. The third kappa shape index (κ3) is 5.61. The monoisotopic (exact) mass is 380 g/mol. The van der Waals surface area contributed by atoms with Gasteiger partial charge in [-0.25, -0.2) is 4.79 Å². The zero-order valence-electron chi connectivity index (χ0n) is 15.8. The van der Waals surface area contributed by atoms with Crippen LogP contribution in [0.15, 0.2) is 48.5 Å². The molecule has 144 valence electrons. The minimum absolute atomic E-state index is 0.414. The number of nitrogens with one attached hydrogen (secondary N) is 1. The van der Waals surface area contributed by atoms with E-state index in [-0.39, 0.29) is 0 Å². The lowest BCUT2D eigenvalue weighted by atomic mass is 10.1. The van der Waals surface area contributed by atoms with Crippen molar-refractivity contribution in [3.63, 3.8) is 0 Å². The maximum absolute atomic E-state index is 12.2. The number of ether oxygens (including phenoxy) is 3. The number of esters is 1. The largest absolute Gasteiger partial charge is 0.497 e. The standard InChI is InChI=1S/C21H20N2O5/c1-14(21(25)23-17-6-4-5-15(11-17)13-22)28-20(24)10-7-16-12-18(26-2)8-9-19(16)27-3/h4-12,14H,1-3H3,(H,23,25)/b10-7+/t14-/m1/s1. The Morgan fingerprint density at radius 1 is 1.14 bits per heavy atom. The van der Waals surface area contributed by atoms with Crippen molar-refractivity contribution < 1.29 is 23.8 Å². The third-order valence-electron chi connectivity index (χ3n) is 3.76. The van der Waals surface area contributed by atoms with Crippen molar-refractivity contribution >= 4 is 23.6 Å². The molecule has 7 heteroatoms. The molecule has 0 fully saturated rings. The lowest BCUT2D eigenvalue weighted by molar-refractivity contribution is -0.148. The molecule has 2 aromatic rings. The van der Waals surface area contributed by atoms with Crippen LogP contribution in [0.2, 0.25) is 0 Å². The highest BCUT2D eigenvalue weighted by Gasteiger charge is 2.17. The van der Waals surface area contributed by atoms with Gasteiger partial charge >= 0.3 is 5.97 Å². The highest BCUT2D eigenvalue weighted by atomic mass is 16.5. The average Bonchev–Trinajstić information content (AvgIpc) is 2.71. The van der Waals surface area contributed by atoms with Crippen LogP contribution in [0.1, 0.15) is 18.1 Å². The van der Waals surface area contributed by atoms with Crippen molar-refractivity contribution in [2.24, 2.45) is 0 Å².